The SMILES string of the molecule is CC(O)c1ccc(Br)cc1OC1CS(=O)(=O)CC1O. The van der Waals surface area contributed by atoms with E-state index in [9.17, 15) is 18.6 Å². The molecule has 3 unspecified atom stereocenters. The van der Waals surface area contributed by atoms with Crippen LogP contribution in [0.4, 0.5) is 0 Å². The third kappa shape index (κ3) is 3.47. The molecule has 0 aliphatic carbocycles. The zero-order valence-electron chi connectivity index (χ0n) is 10.3. The zero-order chi connectivity index (χ0) is 14.2. The molecule has 1 heterocycles. The summed E-state index contributed by atoms with van der Waals surface area (Å²) in [5.74, 6) is -0.110. The molecule has 1 aliphatic rings. The van der Waals surface area contributed by atoms with E-state index in [0.29, 0.717) is 11.3 Å². The number of aliphatic hydroxyl groups is 2. The first-order valence-electron chi connectivity index (χ1n) is 5.81. The van der Waals surface area contributed by atoms with E-state index in [-0.39, 0.29) is 11.5 Å². The summed E-state index contributed by atoms with van der Waals surface area (Å²) in [6, 6.07) is 5.11. The third-order valence-electron chi connectivity index (χ3n) is 2.98. The first kappa shape index (κ1) is 14.8. The minimum atomic E-state index is -3.26. The second kappa shape index (κ2) is 5.40. The normalized spacial score (nSPS) is 27.2. The highest BCUT2D eigenvalue weighted by atomic mass is 79.9. The molecule has 5 nitrogen and oxygen atoms in total. The summed E-state index contributed by atoms with van der Waals surface area (Å²) in [7, 11) is -3.26. The molecule has 0 bridgehead atoms. The van der Waals surface area contributed by atoms with Crippen molar-refractivity contribution in [3.63, 3.8) is 0 Å². The van der Waals surface area contributed by atoms with Crippen LogP contribution in [0.15, 0.2) is 22.7 Å². The molecule has 0 saturated carbocycles. The Hall–Kier alpha value is -0.630. The van der Waals surface area contributed by atoms with Crippen molar-refractivity contribution in [2.45, 2.75) is 25.2 Å². The molecule has 0 amide bonds. The number of benzene rings is 1. The van der Waals surface area contributed by atoms with Gasteiger partial charge in [0.1, 0.15) is 18.0 Å². The van der Waals surface area contributed by atoms with Gasteiger partial charge in [0, 0.05) is 10.0 Å². The third-order valence-corrected chi connectivity index (χ3v) is 5.16. The molecule has 0 aromatic heterocycles. The molecule has 1 aromatic rings. The van der Waals surface area contributed by atoms with Crippen LogP contribution < -0.4 is 4.74 Å². The summed E-state index contributed by atoms with van der Waals surface area (Å²) in [5, 5.41) is 19.4. The van der Waals surface area contributed by atoms with Gasteiger partial charge in [-0.1, -0.05) is 22.0 Å². The van der Waals surface area contributed by atoms with E-state index >= 15 is 0 Å². The minimum Gasteiger partial charge on any atom is -0.486 e. The zero-order valence-corrected chi connectivity index (χ0v) is 12.7. The maximum Gasteiger partial charge on any atom is 0.156 e. The van der Waals surface area contributed by atoms with Gasteiger partial charge in [0.05, 0.1) is 17.6 Å². The van der Waals surface area contributed by atoms with Crippen LogP contribution in [0.25, 0.3) is 0 Å². The number of halogens is 1. The number of hydrogen-bond donors (Lipinski definition) is 2. The Morgan fingerprint density at radius 1 is 1.42 bits per heavy atom. The Morgan fingerprint density at radius 2 is 2.11 bits per heavy atom. The predicted octanol–water partition coefficient (Wildman–Crippen LogP) is 1.04. The summed E-state index contributed by atoms with van der Waals surface area (Å²) in [6.07, 6.45) is -2.57. The molecule has 19 heavy (non-hydrogen) atoms. The highest BCUT2D eigenvalue weighted by Gasteiger charge is 2.38. The van der Waals surface area contributed by atoms with Crippen molar-refractivity contribution < 1.29 is 23.4 Å². The van der Waals surface area contributed by atoms with Crippen molar-refractivity contribution in [3.05, 3.63) is 28.2 Å². The van der Waals surface area contributed by atoms with E-state index in [4.69, 9.17) is 4.74 Å². The lowest BCUT2D eigenvalue weighted by Gasteiger charge is -2.19. The van der Waals surface area contributed by atoms with Crippen LogP contribution in [-0.2, 0) is 9.84 Å². The molecule has 1 fully saturated rings. The van der Waals surface area contributed by atoms with Gasteiger partial charge in [-0.25, -0.2) is 8.42 Å². The molecular weight excluding hydrogens is 336 g/mol. The van der Waals surface area contributed by atoms with Crippen molar-refractivity contribution in [1.82, 2.24) is 0 Å². The van der Waals surface area contributed by atoms with Crippen LogP contribution in [0.5, 0.6) is 5.75 Å². The fourth-order valence-corrected chi connectivity index (χ4v) is 4.03. The van der Waals surface area contributed by atoms with E-state index in [2.05, 4.69) is 15.9 Å². The van der Waals surface area contributed by atoms with Crippen LogP contribution in [-0.4, -0.2) is 42.3 Å². The summed E-state index contributed by atoms with van der Waals surface area (Å²) < 4.78 is 29.2. The van der Waals surface area contributed by atoms with Crippen LogP contribution in [0.3, 0.4) is 0 Å². The fraction of sp³-hybridized carbons (Fsp3) is 0.500. The Bertz CT molecular complexity index is 569. The molecule has 0 radical (unpaired) electrons. The van der Waals surface area contributed by atoms with E-state index < -0.39 is 28.1 Å². The second-order valence-electron chi connectivity index (χ2n) is 4.66. The predicted molar refractivity (Wildman–Crippen MR) is 73.9 cm³/mol. The lowest BCUT2D eigenvalue weighted by atomic mass is 10.1. The number of sulfone groups is 1. The van der Waals surface area contributed by atoms with Crippen molar-refractivity contribution in [2.75, 3.05) is 11.5 Å². The maximum absolute atomic E-state index is 11.4. The van der Waals surface area contributed by atoms with Gasteiger partial charge in [-0.2, -0.15) is 0 Å². The quantitative estimate of drug-likeness (QED) is 0.850. The molecule has 1 saturated heterocycles. The van der Waals surface area contributed by atoms with Crippen LogP contribution in [0, 0.1) is 0 Å². The molecule has 0 spiro atoms. The Labute approximate surface area is 120 Å². The lowest BCUT2D eigenvalue weighted by Crippen LogP contribution is -2.30. The van der Waals surface area contributed by atoms with Crippen LogP contribution in [0.2, 0.25) is 0 Å². The van der Waals surface area contributed by atoms with Crippen molar-refractivity contribution in [2.24, 2.45) is 0 Å². The lowest BCUT2D eigenvalue weighted by molar-refractivity contribution is 0.0707. The number of hydrogen-bond acceptors (Lipinski definition) is 5. The van der Waals surface area contributed by atoms with Gasteiger partial charge in [0.15, 0.2) is 9.84 Å². The maximum atomic E-state index is 11.4. The van der Waals surface area contributed by atoms with E-state index in [1.54, 1.807) is 25.1 Å². The molecule has 7 heteroatoms. The van der Waals surface area contributed by atoms with Crippen LogP contribution in [0.1, 0.15) is 18.6 Å². The smallest absolute Gasteiger partial charge is 0.156 e. The number of ether oxygens (including phenoxy) is 1. The highest BCUT2D eigenvalue weighted by molar-refractivity contribution is 9.10. The van der Waals surface area contributed by atoms with E-state index in [1.807, 2.05) is 0 Å². The summed E-state index contributed by atoms with van der Waals surface area (Å²) in [6.45, 7) is 1.60. The largest absolute Gasteiger partial charge is 0.486 e. The number of rotatable bonds is 3. The van der Waals surface area contributed by atoms with Gasteiger partial charge in [0.2, 0.25) is 0 Å². The van der Waals surface area contributed by atoms with Gasteiger partial charge in [0.25, 0.3) is 0 Å². The van der Waals surface area contributed by atoms with Gasteiger partial charge < -0.3 is 14.9 Å². The van der Waals surface area contributed by atoms with Crippen molar-refractivity contribution >= 4 is 25.8 Å². The topological polar surface area (TPSA) is 83.8 Å². The molecule has 1 aromatic carbocycles. The number of aliphatic hydroxyl groups excluding tert-OH is 2. The van der Waals surface area contributed by atoms with Crippen molar-refractivity contribution in [1.29, 1.82) is 0 Å². The monoisotopic (exact) mass is 350 g/mol. The van der Waals surface area contributed by atoms with Gasteiger partial charge >= 0.3 is 0 Å². The summed E-state index contributed by atoms with van der Waals surface area (Å²) in [5.41, 5.74) is 0.555. The van der Waals surface area contributed by atoms with E-state index in [1.165, 1.54) is 0 Å². The summed E-state index contributed by atoms with van der Waals surface area (Å²) in [4.78, 5) is 0. The Morgan fingerprint density at radius 3 is 2.63 bits per heavy atom. The molecule has 2 N–H and O–H groups in total. The minimum absolute atomic E-state index is 0.208. The molecule has 106 valence electrons. The van der Waals surface area contributed by atoms with Gasteiger partial charge in [-0.05, 0) is 19.1 Å². The Kier molecular flexibility index (Phi) is 4.20. The van der Waals surface area contributed by atoms with Gasteiger partial charge in [-0.15, -0.1) is 0 Å². The average molecular weight is 351 g/mol. The Balaban J connectivity index is 2.26. The second-order valence-corrected chi connectivity index (χ2v) is 7.73. The van der Waals surface area contributed by atoms with Crippen LogP contribution >= 0.6 is 15.9 Å². The molecular formula is C12H15BrO5S. The summed E-state index contributed by atoms with van der Waals surface area (Å²) >= 11 is 3.29. The van der Waals surface area contributed by atoms with E-state index in [0.717, 1.165) is 4.47 Å². The van der Waals surface area contributed by atoms with Gasteiger partial charge in [-0.3, -0.25) is 0 Å². The molecule has 1 aliphatic heterocycles. The first-order chi connectivity index (χ1) is 8.78. The van der Waals surface area contributed by atoms with Crippen molar-refractivity contribution in [3.8, 4) is 5.75 Å². The standard InChI is InChI=1S/C12H15BrO5S/c1-7(14)9-3-2-8(13)4-11(9)18-12-6-19(16,17)5-10(12)15/h2-4,7,10,12,14-15H,5-6H2,1H3. The fourth-order valence-electron chi connectivity index (χ4n) is 2.03. The highest BCUT2D eigenvalue weighted by Crippen LogP contribution is 2.31. The first-order valence-corrected chi connectivity index (χ1v) is 8.42. The molecule has 2 rings (SSSR count). The average Bonchev–Trinajstić information content (AvgIpc) is 2.51. The molecule has 3 atom stereocenters.